The molecule has 0 heterocycles. The Balaban J connectivity index is 1.86. The molecule has 0 saturated heterocycles. The molecule has 0 radical (unpaired) electrons. The third-order valence-corrected chi connectivity index (χ3v) is 5.10. The van der Waals surface area contributed by atoms with Crippen molar-refractivity contribution >= 4 is 17.5 Å². The average molecular weight is 351 g/mol. The smallest absolute Gasteiger partial charge is 0.252 e. The lowest BCUT2D eigenvalue weighted by Crippen LogP contribution is -2.55. The Morgan fingerprint density at radius 1 is 1.00 bits per heavy atom. The van der Waals surface area contributed by atoms with Gasteiger partial charge in [0, 0.05) is 25.3 Å². The Labute approximate surface area is 154 Å². The van der Waals surface area contributed by atoms with Crippen LogP contribution in [0.2, 0.25) is 0 Å². The van der Waals surface area contributed by atoms with E-state index in [0.717, 1.165) is 29.7 Å². The summed E-state index contributed by atoms with van der Waals surface area (Å²) in [4.78, 5) is 26.7. The van der Waals surface area contributed by atoms with Gasteiger partial charge in [-0.15, -0.1) is 0 Å². The predicted octanol–water partition coefficient (Wildman–Crippen LogP) is 2.95. The van der Waals surface area contributed by atoms with E-state index in [2.05, 4.69) is 11.4 Å². The third kappa shape index (κ3) is 3.57. The molecule has 1 fully saturated rings. The minimum Gasteiger partial charge on any atom is -0.378 e. The average Bonchev–Trinajstić information content (AvgIpc) is 3.12. The van der Waals surface area contributed by atoms with Crippen molar-refractivity contribution in [1.29, 1.82) is 0 Å². The van der Waals surface area contributed by atoms with Crippen molar-refractivity contribution < 1.29 is 9.59 Å². The van der Waals surface area contributed by atoms with Crippen molar-refractivity contribution in [3.8, 4) is 11.1 Å². The van der Waals surface area contributed by atoms with Crippen LogP contribution in [0.5, 0.6) is 0 Å². The second-order valence-electron chi connectivity index (χ2n) is 7.13. The predicted molar refractivity (Wildman–Crippen MR) is 104 cm³/mol. The zero-order chi connectivity index (χ0) is 18.7. The van der Waals surface area contributed by atoms with Crippen molar-refractivity contribution in [2.75, 3.05) is 19.0 Å². The summed E-state index contributed by atoms with van der Waals surface area (Å²) < 4.78 is 0. The maximum Gasteiger partial charge on any atom is 0.252 e. The molecule has 0 aliphatic heterocycles. The molecule has 1 aliphatic carbocycles. The van der Waals surface area contributed by atoms with Crippen molar-refractivity contribution in [3.63, 3.8) is 0 Å². The van der Waals surface area contributed by atoms with Crippen LogP contribution >= 0.6 is 0 Å². The van der Waals surface area contributed by atoms with E-state index in [-0.39, 0.29) is 5.91 Å². The molecule has 3 N–H and O–H groups in total. The molecule has 2 aromatic rings. The molecule has 26 heavy (non-hydrogen) atoms. The zero-order valence-electron chi connectivity index (χ0n) is 15.3. The number of benzene rings is 2. The molecule has 3 rings (SSSR count). The van der Waals surface area contributed by atoms with Gasteiger partial charge >= 0.3 is 0 Å². The first-order chi connectivity index (χ1) is 12.4. The molecule has 0 unspecified atom stereocenters. The van der Waals surface area contributed by atoms with Crippen LogP contribution in [0.3, 0.4) is 0 Å². The number of nitrogens with two attached hydrogens (primary N) is 1. The van der Waals surface area contributed by atoms with Crippen molar-refractivity contribution in [1.82, 2.24) is 5.32 Å². The maximum absolute atomic E-state index is 12.7. The van der Waals surface area contributed by atoms with Crippen LogP contribution in [0.1, 0.15) is 36.0 Å². The van der Waals surface area contributed by atoms with Crippen LogP contribution in [-0.4, -0.2) is 31.4 Å². The van der Waals surface area contributed by atoms with Gasteiger partial charge in [0.15, 0.2) is 0 Å². The number of nitrogens with one attached hydrogen (secondary N) is 1. The normalized spacial score (nSPS) is 15.5. The summed E-state index contributed by atoms with van der Waals surface area (Å²) >= 11 is 0. The van der Waals surface area contributed by atoms with E-state index in [0.29, 0.717) is 18.4 Å². The second kappa shape index (κ2) is 7.20. The number of primary amides is 1. The lowest BCUT2D eigenvalue weighted by atomic mass is 9.95. The van der Waals surface area contributed by atoms with E-state index < -0.39 is 11.4 Å². The lowest BCUT2D eigenvalue weighted by Gasteiger charge is -2.26. The SMILES string of the molecule is CN(C)c1cccc(-c2cccc(C(=O)NC3(C(N)=O)CCCC3)c2)c1. The highest BCUT2D eigenvalue weighted by molar-refractivity contribution is 5.99. The van der Waals surface area contributed by atoms with E-state index in [1.54, 1.807) is 6.07 Å². The van der Waals surface area contributed by atoms with Gasteiger partial charge in [-0.1, -0.05) is 37.1 Å². The molecule has 0 bridgehead atoms. The van der Waals surface area contributed by atoms with Crippen molar-refractivity contribution in [2.24, 2.45) is 5.73 Å². The Morgan fingerprint density at radius 2 is 1.62 bits per heavy atom. The summed E-state index contributed by atoms with van der Waals surface area (Å²) in [7, 11) is 3.99. The monoisotopic (exact) mass is 351 g/mol. The van der Waals surface area contributed by atoms with Crippen LogP contribution in [-0.2, 0) is 4.79 Å². The van der Waals surface area contributed by atoms with Crippen LogP contribution in [0, 0.1) is 0 Å². The Kier molecular flexibility index (Phi) is 4.98. The quantitative estimate of drug-likeness (QED) is 0.870. The largest absolute Gasteiger partial charge is 0.378 e. The van der Waals surface area contributed by atoms with Gasteiger partial charge in [-0.25, -0.2) is 0 Å². The van der Waals surface area contributed by atoms with Crippen molar-refractivity contribution in [2.45, 2.75) is 31.2 Å². The van der Waals surface area contributed by atoms with E-state index in [1.807, 2.05) is 55.4 Å². The molecule has 0 spiro atoms. The van der Waals surface area contributed by atoms with E-state index in [1.165, 1.54) is 0 Å². The van der Waals surface area contributed by atoms with Gasteiger partial charge in [-0.3, -0.25) is 9.59 Å². The molecule has 2 amide bonds. The van der Waals surface area contributed by atoms with Gasteiger partial charge in [0.1, 0.15) is 5.54 Å². The Morgan fingerprint density at radius 3 is 2.23 bits per heavy atom. The summed E-state index contributed by atoms with van der Waals surface area (Å²) in [6, 6.07) is 15.6. The number of rotatable bonds is 5. The number of amides is 2. The number of nitrogens with zero attached hydrogens (tertiary/aromatic N) is 1. The van der Waals surface area contributed by atoms with Gasteiger partial charge in [0.25, 0.3) is 5.91 Å². The van der Waals surface area contributed by atoms with E-state index in [4.69, 9.17) is 5.73 Å². The van der Waals surface area contributed by atoms with Crippen LogP contribution < -0.4 is 16.0 Å². The van der Waals surface area contributed by atoms with Gasteiger partial charge in [0.2, 0.25) is 5.91 Å². The molecule has 2 aromatic carbocycles. The molecular formula is C21H25N3O2. The van der Waals surface area contributed by atoms with Gasteiger partial charge in [-0.2, -0.15) is 0 Å². The summed E-state index contributed by atoms with van der Waals surface area (Å²) in [6.45, 7) is 0. The molecule has 0 aromatic heterocycles. The Hall–Kier alpha value is -2.82. The lowest BCUT2D eigenvalue weighted by molar-refractivity contribution is -0.123. The standard InChI is InChI=1S/C21H25N3O2/c1-24(2)18-10-6-8-16(14-18)15-7-5-9-17(13-15)19(25)23-21(20(22)26)11-3-4-12-21/h5-10,13-14H,3-4,11-12H2,1-2H3,(H2,22,26)(H,23,25). The topological polar surface area (TPSA) is 75.4 Å². The zero-order valence-corrected chi connectivity index (χ0v) is 15.3. The number of carbonyl (C=O) groups excluding carboxylic acids is 2. The van der Waals surface area contributed by atoms with Crippen molar-refractivity contribution in [3.05, 3.63) is 54.1 Å². The Bertz CT molecular complexity index is 824. The summed E-state index contributed by atoms with van der Waals surface area (Å²) in [6.07, 6.45) is 3.03. The highest BCUT2D eigenvalue weighted by Crippen LogP contribution is 2.30. The fourth-order valence-corrected chi connectivity index (χ4v) is 3.50. The first-order valence-corrected chi connectivity index (χ1v) is 8.91. The van der Waals surface area contributed by atoms with Gasteiger partial charge in [0.05, 0.1) is 0 Å². The number of hydrogen-bond acceptors (Lipinski definition) is 3. The summed E-state index contributed by atoms with van der Waals surface area (Å²) in [5, 5.41) is 2.89. The molecule has 0 atom stereocenters. The van der Waals surface area contributed by atoms with Crippen LogP contribution in [0.4, 0.5) is 5.69 Å². The molecule has 136 valence electrons. The first-order valence-electron chi connectivity index (χ1n) is 8.91. The summed E-state index contributed by atoms with van der Waals surface area (Å²) in [5.74, 6) is -0.700. The highest BCUT2D eigenvalue weighted by atomic mass is 16.2. The van der Waals surface area contributed by atoms with E-state index in [9.17, 15) is 9.59 Å². The second-order valence-corrected chi connectivity index (χ2v) is 7.13. The molecule has 1 saturated carbocycles. The number of carbonyl (C=O) groups is 2. The van der Waals surface area contributed by atoms with Crippen LogP contribution in [0.25, 0.3) is 11.1 Å². The molecule has 1 aliphatic rings. The fraction of sp³-hybridized carbons (Fsp3) is 0.333. The summed E-state index contributed by atoms with van der Waals surface area (Å²) in [5.41, 5.74) is 8.29. The molecular weight excluding hydrogens is 326 g/mol. The van der Waals surface area contributed by atoms with Gasteiger partial charge < -0.3 is 16.0 Å². The van der Waals surface area contributed by atoms with Crippen LogP contribution in [0.15, 0.2) is 48.5 Å². The number of hydrogen-bond donors (Lipinski definition) is 2. The maximum atomic E-state index is 12.7. The molecule has 5 nitrogen and oxygen atoms in total. The third-order valence-electron chi connectivity index (χ3n) is 5.10. The first kappa shape index (κ1) is 18.0. The van der Waals surface area contributed by atoms with Gasteiger partial charge in [-0.05, 0) is 48.2 Å². The minimum atomic E-state index is -0.905. The highest BCUT2D eigenvalue weighted by Gasteiger charge is 2.41. The fourth-order valence-electron chi connectivity index (χ4n) is 3.50. The molecule has 5 heteroatoms. The minimum absolute atomic E-state index is 0.253. The van der Waals surface area contributed by atoms with E-state index >= 15 is 0 Å². The number of anilines is 1.